The first kappa shape index (κ1) is 24.7. The number of rotatable bonds is 6. The van der Waals surface area contributed by atoms with Crippen LogP contribution in [0.25, 0.3) is 0 Å². The maximum atomic E-state index is 14.0. The number of nitrogen functional groups attached to an aromatic ring is 1. The molecule has 1 aliphatic rings. The minimum absolute atomic E-state index is 0.0990. The Balaban J connectivity index is 1.52. The molecule has 0 unspecified atom stereocenters. The largest absolute Gasteiger partial charge is 0.399 e. The van der Waals surface area contributed by atoms with E-state index < -0.39 is 39.5 Å². The third-order valence-electron chi connectivity index (χ3n) is 5.59. The number of amides is 1. The van der Waals surface area contributed by atoms with E-state index in [1.54, 1.807) is 0 Å². The van der Waals surface area contributed by atoms with Gasteiger partial charge in [0.1, 0.15) is 16.0 Å². The van der Waals surface area contributed by atoms with Crippen molar-refractivity contribution in [1.29, 1.82) is 0 Å². The van der Waals surface area contributed by atoms with Crippen LogP contribution in [0.4, 0.5) is 20.2 Å². The normalized spacial score (nSPS) is 18.4. The van der Waals surface area contributed by atoms with Crippen LogP contribution >= 0.6 is 46.4 Å². The summed E-state index contributed by atoms with van der Waals surface area (Å²) in [5.74, 6) is -3.57. The second-order valence-corrected chi connectivity index (χ2v) is 10.2. The molecule has 2 atom stereocenters. The van der Waals surface area contributed by atoms with Gasteiger partial charge in [0.25, 0.3) is 0 Å². The molecule has 0 saturated heterocycles. The first-order valence-electron chi connectivity index (χ1n) is 9.99. The van der Waals surface area contributed by atoms with Crippen molar-refractivity contribution in [2.45, 2.75) is 16.7 Å². The third-order valence-corrected chi connectivity index (χ3v) is 7.15. The van der Waals surface area contributed by atoms with Gasteiger partial charge in [-0.05, 0) is 59.7 Å². The van der Waals surface area contributed by atoms with Crippen LogP contribution in [0.3, 0.4) is 0 Å². The van der Waals surface area contributed by atoms with E-state index in [-0.39, 0.29) is 33.3 Å². The van der Waals surface area contributed by atoms with Gasteiger partial charge < -0.3 is 11.1 Å². The van der Waals surface area contributed by atoms with E-state index in [2.05, 4.69) is 5.32 Å². The molecule has 34 heavy (non-hydrogen) atoms. The number of hydrogen-bond acceptors (Lipinski definition) is 3. The second-order valence-electron chi connectivity index (χ2n) is 7.94. The molecule has 3 aromatic rings. The van der Waals surface area contributed by atoms with Crippen molar-refractivity contribution in [3.05, 3.63) is 93.0 Å². The van der Waals surface area contributed by atoms with Crippen LogP contribution in [0.5, 0.6) is 0 Å². The number of benzene rings is 3. The van der Waals surface area contributed by atoms with E-state index in [0.717, 1.165) is 0 Å². The SMILES string of the molecule is Nc1ccc(F)c(CC(=O)c2cc(NC(=O)[C@H]3[C@H](c4ccc(F)c(Cl)c4)C3(Cl)Cl)ccc2Cl)c1. The molecule has 0 aliphatic heterocycles. The lowest BCUT2D eigenvalue weighted by molar-refractivity contribution is -0.117. The predicted molar refractivity (Wildman–Crippen MR) is 131 cm³/mol. The number of nitrogens with two attached hydrogens (primary N) is 1. The van der Waals surface area contributed by atoms with Gasteiger partial charge in [-0.3, -0.25) is 9.59 Å². The van der Waals surface area contributed by atoms with Crippen molar-refractivity contribution >= 4 is 69.5 Å². The number of carbonyl (C=O) groups excluding carboxylic acids is 2. The maximum Gasteiger partial charge on any atom is 0.231 e. The molecule has 0 bridgehead atoms. The van der Waals surface area contributed by atoms with Crippen LogP contribution in [0.1, 0.15) is 27.4 Å². The monoisotopic (exact) mass is 542 g/mol. The van der Waals surface area contributed by atoms with Crippen molar-refractivity contribution in [2.75, 3.05) is 11.1 Å². The zero-order valence-electron chi connectivity index (χ0n) is 17.2. The Kier molecular flexibility index (Phi) is 6.80. The summed E-state index contributed by atoms with van der Waals surface area (Å²) in [6, 6.07) is 12.3. The number of hydrogen-bond donors (Lipinski definition) is 2. The molecule has 1 aliphatic carbocycles. The lowest BCUT2D eigenvalue weighted by Gasteiger charge is -2.10. The minimum Gasteiger partial charge on any atom is -0.399 e. The van der Waals surface area contributed by atoms with Crippen LogP contribution in [0, 0.1) is 17.6 Å². The summed E-state index contributed by atoms with van der Waals surface area (Å²) in [5.41, 5.74) is 7.02. The Morgan fingerprint density at radius 2 is 1.65 bits per heavy atom. The summed E-state index contributed by atoms with van der Waals surface area (Å²) in [6.45, 7) is 0. The molecule has 10 heteroatoms. The molecule has 0 aromatic heterocycles. The van der Waals surface area contributed by atoms with Crippen LogP contribution in [0.15, 0.2) is 54.6 Å². The highest BCUT2D eigenvalue weighted by atomic mass is 35.5. The molecule has 3 N–H and O–H groups in total. The molecule has 0 heterocycles. The van der Waals surface area contributed by atoms with Crippen molar-refractivity contribution in [1.82, 2.24) is 0 Å². The van der Waals surface area contributed by atoms with Gasteiger partial charge in [0.2, 0.25) is 5.91 Å². The third kappa shape index (κ3) is 4.86. The quantitative estimate of drug-likeness (QED) is 0.204. The molecule has 1 fully saturated rings. The molecule has 3 aromatic carbocycles. The summed E-state index contributed by atoms with van der Waals surface area (Å²) in [7, 11) is 0. The molecule has 176 valence electrons. The van der Waals surface area contributed by atoms with E-state index in [1.807, 2.05) is 0 Å². The Bertz CT molecular complexity index is 1320. The van der Waals surface area contributed by atoms with Crippen LogP contribution in [-0.4, -0.2) is 16.0 Å². The fraction of sp³-hybridized carbons (Fsp3) is 0.167. The van der Waals surface area contributed by atoms with Crippen molar-refractivity contribution < 1.29 is 18.4 Å². The number of Topliss-reactive ketones (excluding diaryl/α,β-unsaturated/α-hetero) is 1. The number of halogens is 6. The topological polar surface area (TPSA) is 72.2 Å². The van der Waals surface area contributed by atoms with Crippen LogP contribution in [-0.2, 0) is 11.2 Å². The zero-order valence-corrected chi connectivity index (χ0v) is 20.2. The van der Waals surface area contributed by atoms with E-state index in [0.29, 0.717) is 11.3 Å². The van der Waals surface area contributed by atoms with E-state index in [1.165, 1.54) is 54.6 Å². The van der Waals surface area contributed by atoms with Gasteiger partial charge in [0.15, 0.2) is 5.78 Å². The van der Waals surface area contributed by atoms with Gasteiger partial charge in [0.05, 0.1) is 16.0 Å². The number of nitrogens with one attached hydrogen (secondary N) is 1. The first-order chi connectivity index (χ1) is 16.0. The van der Waals surface area contributed by atoms with Crippen molar-refractivity contribution in [3.63, 3.8) is 0 Å². The number of anilines is 2. The number of alkyl halides is 2. The summed E-state index contributed by atoms with van der Waals surface area (Å²) < 4.78 is 26.1. The lowest BCUT2D eigenvalue weighted by atomic mass is 10.0. The smallest absolute Gasteiger partial charge is 0.231 e. The Hall–Kier alpha value is -2.38. The molecular weight excluding hydrogens is 528 g/mol. The van der Waals surface area contributed by atoms with Gasteiger partial charge in [0, 0.05) is 29.3 Å². The van der Waals surface area contributed by atoms with Gasteiger partial charge in [-0.15, -0.1) is 23.2 Å². The molecule has 4 nitrogen and oxygen atoms in total. The molecule has 4 rings (SSSR count). The van der Waals surface area contributed by atoms with Crippen LogP contribution in [0.2, 0.25) is 10.0 Å². The summed E-state index contributed by atoms with van der Waals surface area (Å²) in [5, 5.41) is 2.71. The summed E-state index contributed by atoms with van der Waals surface area (Å²) in [6.07, 6.45) is -0.267. The number of carbonyl (C=O) groups is 2. The van der Waals surface area contributed by atoms with Crippen molar-refractivity contribution in [3.8, 4) is 0 Å². The van der Waals surface area contributed by atoms with Crippen molar-refractivity contribution in [2.24, 2.45) is 5.92 Å². The Morgan fingerprint density at radius 1 is 0.941 bits per heavy atom. The predicted octanol–water partition coefficient (Wildman–Crippen LogP) is 6.81. The summed E-state index contributed by atoms with van der Waals surface area (Å²) in [4.78, 5) is 25.7. The molecule has 0 radical (unpaired) electrons. The molecule has 1 saturated carbocycles. The highest BCUT2D eigenvalue weighted by molar-refractivity contribution is 6.53. The molecule has 1 amide bonds. The van der Waals surface area contributed by atoms with Crippen LogP contribution < -0.4 is 11.1 Å². The minimum atomic E-state index is -1.42. The Morgan fingerprint density at radius 3 is 2.35 bits per heavy atom. The number of ketones is 1. The first-order valence-corrected chi connectivity index (χ1v) is 11.5. The molecular formula is C24H16Cl4F2N2O2. The maximum absolute atomic E-state index is 14.0. The van der Waals surface area contributed by atoms with E-state index in [9.17, 15) is 18.4 Å². The van der Waals surface area contributed by atoms with Gasteiger partial charge in [-0.2, -0.15) is 0 Å². The van der Waals surface area contributed by atoms with Gasteiger partial charge >= 0.3 is 0 Å². The lowest BCUT2D eigenvalue weighted by Crippen LogP contribution is -2.17. The second kappa shape index (κ2) is 9.34. The highest BCUT2D eigenvalue weighted by Gasteiger charge is 2.67. The van der Waals surface area contributed by atoms with E-state index >= 15 is 0 Å². The highest BCUT2D eigenvalue weighted by Crippen LogP contribution is 2.65. The van der Waals surface area contributed by atoms with E-state index in [4.69, 9.17) is 52.1 Å². The zero-order chi connectivity index (χ0) is 24.8. The average molecular weight is 544 g/mol. The fourth-order valence-electron chi connectivity index (χ4n) is 3.81. The van der Waals surface area contributed by atoms with Gasteiger partial charge in [-0.25, -0.2) is 8.78 Å². The molecule has 0 spiro atoms. The standard InChI is InChI=1S/C24H16Cl4F2N2O2/c25-16-4-3-14(10-15(16)20(33)9-12-7-13(31)2-6-18(12)29)32-23(34)22-21(24(22,27)28)11-1-5-19(30)17(26)8-11/h1-8,10,21-22H,9,31H2,(H,32,34)/t21-,22+/m0/s1. The summed E-state index contributed by atoms with van der Waals surface area (Å²) >= 11 is 24.7. The Labute approximate surface area is 213 Å². The average Bonchev–Trinajstić information content (AvgIpc) is 3.36. The fourth-order valence-corrected chi connectivity index (χ4v) is 5.05. The van der Waals surface area contributed by atoms with Gasteiger partial charge in [-0.1, -0.05) is 29.3 Å².